The van der Waals surface area contributed by atoms with Crippen LogP contribution in [0.5, 0.6) is 0 Å². The van der Waals surface area contributed by atoms with E-state index in [9.17, 15) is 0 Å². The van der Waals surface area contributed by atoms with Gasteiger partial charge in [0, 0.05) is 12.6 Å². The Morgan fingerprint density at radius 3 is 2.17 bits per heavy atom. The van der Waals surface area contributed by atoms with Crippen LogP contribution in [0.4, 0.5) is 0 Å². The Kier molecular flexibility index (Phi) is 5.36. The highest BCUT2D eigenvalue weighted by molar-refractivity contribution is 5.27. The first kappa shape index (κ1) is 15.2. The fourth-order valence-electron chi connectivity index (χ4n) is 2.02. The standard InChI is InChI=1S/C16H28N2/c1-13(10-11-17)18(5)12-14-6-8-15(9-7-14)16(2,3)4/h6-9,13H,10-12,17H2,1-5H3. The molecule has 0 saturated carbocycles. The van der Waals surface area contributed by atoms with Crippen molar-refractivity contribution in [1.82, 2.24) is 4.90 Å². The van der Waals surface area contributed by atoms with Crippen LogP contribution < -0.4 is 5.73 Å². The number of rotatable bonds is 5. The molecule has 0 bridgehead atoms. The molecule has 1 aromatic carbocycles. The third-order valence-electron chi connectivity index (χ3n) is 3.59. The van der Waals surface area contributed by atoms with Gasteiger partial charge in [-0.25, -0.2) is 0 Å². The van der Waals surface area contributed by atoms with Crippen molar-refractivity contribution < 1.29 is 0 Å². The Balaban J connectivity index is 2.64. The second-order valence-corrected chi connectivity index (χ2v) is 6.29. The molecule has 1 aromatic rings. The fraction of sp³-hybridized carbons (Fsp3) is 0.625. The van der Waals surface area contributed by atoms with E-state index in [4.69, 9.17) is 5.73 Å². The van der Waals surface area contributed by atoms with Crippen molar-refractivity contribution in [2.24, 2.45) is 5.73 Å². The zero-order valence-electron chi connectivity index (χ0n) is 12.5. The molecule has 0 saturated heterocycles. The van der Waals surface area contributed by atoms with Crippen molar-refractivity contribution in [3.63, 3.8) is 0 Å². The largest absolute Gasteiger partial charge is 0.330 e. The smallest absolute Gasteiger partial charge is 0.0233 e. The van der Waals surface area contributed by atoms with Gasteiger partial charge in [-0.15, -0.1) is 0 Å². The molecule has 102 valence electrons. The van der Waals surface area contributed by atoms with E-state index < -0.39 is 0 Å². The second-order valence-electron chi connectivity index (χ2n) is 6.29. The molecule has 2 nitrogen and oxygen atoms in total. The Morgan fingerprint density at radius 2 is 1.72 bits per heavy atom. The minimum absolute atomic E-state index is 0.233. The number of hydrogen-bond acceptors (Lipinski definition) is 2. The topological polar surface area (TPSA) is 29.3 Å². The number of nitrogens with two attached hydrogens (primary N) is 1. The van der Waals surface area contributed by atoms with Crippen LogP contribution in [-0.2, 0) is 12.0 Å². The maximum atomic E-state index is 5.60. The molecular formula is C16H28N2. The highest BCUT2D eigenvalue weighted by Crippen LogP contribution is 2.22. The number of hydrogen-bond donors (Lipinski definition) is 1. The lowest BCUT2D eigenvalue weighted by atomic mass is 9.87. The van der Waals surface area contributed by atoms with Crippen LogP contribution in [0.2, 0.25) is 0 Å². The predicted molar refractivity (Wildman–Crippen MR) is 79.7 cm³/mol. The van der Waals surface area contributed by atoms with Gasteiger partial charge < -0.3 is 5.73 Å². The van der Waals surface area contributed by atoms with Gasteiger partial charge in [0.15, 0.2) is 0 Å². The monoisotopic (exact) mass is 248 g/mol. The molecule has 0 aliphatic rings. The van der Waals surface area contributed by atoms with Crippen molar-refractivity contribution in [1.29, 1.82) is 0 Å². The molecule has 0 radical (unpaired) electrons. The Labute approximate surface area is 112 Å². The van der Waals surface area contributed by atoms with Crippen molar-refractivity contribution in [2.45, 2.75) is 52.1 Å². The van der Waals surface area contributed by atoms with Crippen LogP contribution in [0.15, 0.2) is 24.3 Å². The summed E-state index contributed by atoms with van der Waals surface area (Å²) in [4.78, 5) is 2.36. The highest BCUT2D eigenvalue weighted by atomic mass is 15.1. The summed E-state index contributed by atoms with van der Waals surface area (Å²) >= 11 is 0. The second kappa shape index (κ2) is 6.35. The Hall–Kier alpha value is -0.860. The van der Waals surface area contributed by atoms with Gasteiger partial charge in [-0.2, -0.15) is 0 Å². The molecule has 0 heterocycles. The van der Waals surface area contributed by atoms with Gasteiger partial charge in [-0.3, -0.25) is 4.90 Å². The van der Waals surface area contributed by atoms with Gasteiger partial charge in [0.1, 0.15) is 0 Å². The van der Waals surface area contributed by atoms with Crippen LogP contribution in [0.1, 0.15) is 45.2 Å². The SMILES string of the molecule is CC(CCN)N(C)Cc1ccc(C(C)(C)C)cc1. The first-order chi connectivity index (χ1) is 8.34. The summed E-state index contributed by atoms with van der Waals surface area (Å²) in [5.74, 6) is 0. The van der Waals surface area contributed by atoms with Gasteiger partial charge in [-0.1, -0.05) is 45.0 Å². The molecule has 18 heavy (non-hydrogen) atoms. The van der Waals surface area contributed by atoms with Gasteiger partial charge in [0.25, 0.3) is 0 Å². The molecule has 0 spiro atoms. The fourth-order valence-corrected chi connectivity index (χ4v) is 2.02. The molecule has 2 N–H and O–H groups in total. The summed E-state index contributed by atoms with van der Waals surface area (Å²) in [6.07, 6.45) is 1.05. The van der Waals surface area contributed by atoms with Crippen molar-refractivity contribution in [3.05, 3.63) is 35.4 Å². The minimum atomic E-state index is 0.233. The van der Waals surface area contributed by atoms with Crippen LogP contribution in [0, 0.1) is 0 Å². The molecule has 1 unspecified atom stereocenters. The minimum Gasteiger partial charge on any atom is -0.330 e. The molecule has 0 aromatic heterocycles. The van der Waals surface area contributed by atoms with E-state index in [1.54, 1.807) is 0 Å². The van der Waals surface area contributed by atoms with Crippen LogP contribution in [0.3, 0.4) is 0 Å². The van der Waals surface area contributed by atoms with Crippen LogP contribution in [0.25, 0.3) is 0 Å². The lowest BCUT2D eigenvalue weighted by Crippen LogP contribution is -2.30. The molecule has 2 heteroatoms. The maximum Gasteiger partial charge on any atom is 0.0233 e. The molecular weight excluding hydrogens is 220 g/mol. The Bertz CT molecular complexity index is 348. The average Bonchev–Trinajstić information content (AvgIpc) is 2.28. The lowest BCUT2D eigenvalue weighted by molar-refractivity contribution is 0.240. The summed E-state index contributed by atoms with van der Waals surface area (Å²) < 4.78 is 0. The molecule has 0 aliphatic carbocycles. The number of benzene rings is 1. The van der Waals surface area contributed by atoms with Gasteiger partial charge in [0.05, 0.1) is 0 Å². The summed E-state index contributed by atoms with van der Waals surface area (Å²) in [5.41, 5.74) is 8.60. The van der Waals surface area contributed by atoms with Crippen LogP contribution >= 0.6 is 0 Å². The normalized spacial score (nSPS) is 13.9. The zero-order valence-corrected chi connectivity index (χ0v) is 12.5. The van der Waals surface area contributed by atoms with Crippen LogP contribution in [-0.4, -0.2) is 24.5 Å². The van der Waals surface area contributed by atoms with E-state index in [0.29, 0.717) is 6.04 Å². The number of nitrogens with zero attached hydrogens (tertiary/aromatic N) is 1. The third-order valence-corrected chi connectivity index (χ3v) is 3.59. The molecule has 0 amide bonds. The third kappa shape index (κ3) is 4.43. The quantitative estimate of drug-likeness (QED) is 0.867. The van der Waals surface area contributed by atoms with Gasteiger partial charge in [0.2, 0.25) is 0 Å². The Morgan fingerprint density at radius 1 is 1.17 bits per heavy atom. The maximum absolute atomic E-state index is 5.60. The van der Waals surface area contributed by atoms with E-state index in [-0.39, 0.29) is 5.41 Å². The molecule has 1 atom stereocenters. The van der Waals surface area contributed by atoms with Crippen molar-refractivity contribution in [2.75, 3.05) is 13.6 Å². The van der Waals surface area contributed by atoms with E-state index in [0.717, 1.165) is 19.5 Å². The zero-order chi connectivity index (χ0) is 13.8. The van der Waals surface area contributed by atoms with E-state index >= 15 is 0 Å². The van der Waals surface area contributed by atoms with E-state index in [2.05, 4.69) is 63.9 Å². The molecule has 0 aliphatic heterocycles. The van der Waals surface area contributed by atoms with E-state index in [1.165, 1.54) is 11.1 Å². The average molecular weight is 248 g/mol. The first-order valence-electron chi connectivity index (χ1n) is 6.84. The summed E-state index contributed by atoms with van der Waals surface area (Å²) in [6.45, 7) is 10.7. The molecule has 0 fully saturated rings. The molecule has 1 rings (SSSR count). The lowest BCUT2D eigenvalue weighted by Gasteiger charge is -2.25. The van der Waals surface area contributed by atoms with Gasteiger partial charge in [-0.05, 0) is 43.5 Å². The summed E-state index contributed by atoms with van der Waals surface area (Å²) in [6, 6.07) is 9.52. The predicted octanol–water partition coefficient (Wildman–Crippen LogP) is 3.15. The summed E-state index contributed by atoms with van der Waals surface area (Å²) in [5, 5.41) is 0. The van der Waals surface area contributed by atoms with Crippen molar-refractivity contribution >= 4 is 0 Å². The van der Waals surface area contributed by atoms with Crippen molar-refractivity contribution in [3.8, 4) is 0 Å². The van der Waals surface area contributed by atoms with Gasteiger partial charge >= 0.3 is 0 Å². The summed E-state index contributed by atoms with van der Waals surface area (Å²) in [7, 11) is 2.16. The van der Waals surface area contributed by atoms with E-state index in [1.807, 2.05) is 0 Å². The first-order valence-corrected chi connectivity index (χ1v) is 6.84. The highest BCUT2D eigenvalue weighted by Gasteiger charge is 2.13.